The van der Waals surface area contributed by atoms with Gasteiger partial charge in [-0.25, -0.2) is 0 Å². The van der Waals surface area contributed by atoms with Gasteiger partial charge >= 0.3 is 0 Å². The van der Waals surface area contributed by atoms with Gasteiger partial charge in [-0.2, -0.15) is 0 Å². The van der Waals surface area contributed by atoms with E-state index in [0.717, 1.165) is 24.6 Å². The largest absolute Gasteiger partial charge is 0.497 e. The van der Waals surface area contributed by atoms with E-state index in [-0.39, 0.29) is 12.0 Å². The topological polar surface area (TPSA) is 41.5 Å². The molecule has 1 atom stereocenters. The van der Waals surface area contributed by atoms with Crippen molar-refractivity contribution in [1.29, 1.82) is 0 Å². The number of hydrogen-bond acceptors (Lipinski definition) is 3. The molecule has 0 aliphatic heterocycles. The minimum Gasteiger partial charge on any atom is -0.497 e. The summed E-state index contributed by atoms with van der Waals surface area (Å²) in [5.74, 6) is 1.66. The maximum absolute atomic E-state index is 9.12. The van der Waals surface area contributed by atoms with Crippen LogP contribution in [0.25, 0.3) is 0 Å². The lowest BCUT2D eigenvalue weighted by Crippen LogP contribution is -2.34. The summed E-state index contributed by atoms with van der Waals surface area (Å²) in [4.78, 5) is 0. The summed E-state index contributed by atoms with van der Waals surface area (Å²) in [6.07, 6.45) is 3.45. The first kappa shape index (κ1) is 15.3. The lowest BCUT2D eigenvalue weighted by molar-refractivity contribution is 0.201. The van der Waals surface area contributed by atoms with Gasteiger partial charge in [-0.3, -0.25) is 0 Å². The first-order chi connectivity index (χ1) is 9.55. The van der Waals surface area contributed by atoms with Crippen LogP contribution in [0.4, 0.5) is 0 Å². The van der Waals surface area contributed by atoms with Crippen LogP contribution < -0.4 is 10.1 Å². The first-order valence-corrected chi connectivity index (χ1v) is 7.54. The molecule has 0 bridgehead atoms. The third-order valence-electron chi connectivity index (χ3n) is 4.16. The highest BCUT2D eigenvalue weighted by Crippen LogP contribution is 2.41. The Morgan fingerprint density at radius 3 is 2.45 bits per heavy atom. The molecule has 1 aromatic rings. The summed E-state index contributed by atoms with van der Waals surface area (Å²) in [5, 5.41) is 12.8. The van der Waals surface area contributed by atoms with Crippen molar-refractivity contribution in [2.45, 2.75) is 39.2 Å². The third-order valence-corrected chi connectivity index (χ3v) is 4.16. The van der Waals surface area contributed by atoms with Gasteiger partial charge in [0.15, 0.2) is 0 Å². The second-order valence-electron chi connectivity index (χ2n) is 6.61. The van der Waals surface area contributed by atoms with Crippen LogP contribution in [0, 0.1) is 11.3 Å². The fourth-order valence-electron chi connectivity index (χ4n) is 2.57. The monoisotopic (exact) mass is 277 g/mol. The molecule has 0 heterocycles. The molecule has 1 saturated carbocycles. The molecule has 1 unspecified atom stereocenters. The average molecular weight is 277 g/mol. The van der Waals surface area contributed by atoms with E-state index in [2.05, 4.69) is 31.3 Å². The molecule has 1 aliphatic carbocycles. The van der Waals surface area contributed by atoms with Gasteiger partial charge in [0.1, 0.15) is 5.75 Å². The van der Waals surface area contributed by atoms with Gasteiger partial charge in [0, 0.05) is 19.2 Å². The van der Waals surface area contributed by atoms with Crippen LogP contribution >= 0.6 is 0 Å². The molecule has 112 valence electrons. The maximum Gasteiger partial charge on any atom is 0.118 e. The number of ether oxygens (including phenoxy) is 1. The molecule has 0 radical (unpaired) electrons. The van der Waals surface area contributed by atoms with Crippen LogP contribution in [0.3, 0.4) is 0 Å². The van der Waals surface area contributed by atoms with Gasteiger partial charge in [-0.1, -0.05) is 26.0 Å². The fraction of sp³-hybridized carbons (Fsp3) is 0.647. The molecule has 1 aromatic carbocycles. The summed E-state index contributed by atoms with van der Waals surface area (Å²) in [6, 6.07) is 8.82. The lowest BCUT2D eigenvalue weighted by Gasteiger charge is -2.28. The van der Waals surface area contributed by atoms with Crippen LogP contribution in [-0.2, 0) is 0 Å². The van der Waals surface area contributed by atoms with Crippen molar-refractivity contribution in [3.05, 3.63) is 29.8 Å². The molecular weight excluding hydrogens is 250 g/mol. The molecular formula is C17H27NO2. The zero-order valence-electron chi connectivity index (χ0n) is 12.9. The smallest absolute Gasteiger partial charge is 0.118 e. The third kappa shape index (κ3) is 4.22. The summed E-state index contributed by atoms with van der Waals surface area (Å²) in [6.45, 7) is 5.59. The van der Waals surface area contributed by atoms with Crippen LogP contribution in [0.5, 0.6) is 5.75 Å². The van der Waals surface area contributed by atoms with Gasteiger partial charge in [-0.15, -0.1) is 0 Å². The number of methoxy groups -OCH3 is 1. The molecule has 3 nitrogen and oxygen atoms in total. The Kier molecular flexibility index (Phi) is 5.06. The molecule has 3 heteroatoms. The van der Waals surface area contributed by atoms with Gasteiger partial charge in [0.25, 0.3) is 0 Å². The van der Waals surface area contributed by atoms with Crippen molar-refractivity contribution in [3.8, 4) is 5.75 Å². The number of aliphatic hydroxyl groups is 1. The van der Waals surface area contributed by atoms with Gasteiger partial charge in [0.05, 0.1) is 7.11 Å². The molecule has 0 saturated heterocycles. The van der Waals surface area contributed by atoms with Crippen molar-refractivity contribution in [2.75, 3.05) is 20.3 Å². The predicted octanol–water partition coefficient (Wildman–Crippen LogP) is 3.14. The van der Waals surface area contributed by atoms with Gasteiger partial charge in [-0.05, 0) is 48.3 Å². The molecule has 20 heavy (non-hydrogen) atoms. The summed E-state index contributed by atoms with van der Waals surface area (Å²) >= 11 is 0. The van der Waals surface area contributed by atoms with Crippen molar-refractivity contribution in [3.63, 3.8) is 0 Å². The molecule has 1 aliphatic rings. The van der Waals surface area contributed by atoms with E-state index in [1.165, 1.54) is 18.4 Å². The van der Waals surface area contributed by atoms with E-state index >= 15 is 0 Å². The number of rotatable bonds is 8. The van der Waals surface area contributed by atoms with Crippen molar-refractivity contribution >= 4 is 0 Å². The Bertz CT molecular complexity index is 410. The van der Waals surface area contributed by atoms with Crippen LogP contribution in [0.2, 0.25) is 0 Å². The van der Waals surface area contributed by atoms with E-state index in [0.29, 0.717) is 6.04 Å². The van der Waals surface area contributed by atoms with E-state index in [4.69, 9.17) is 9.84 Å². The van der Waals surface area contributed by atoms with Gasteiger partial charge < -0.3 is 15.2 Å². The average Bonchev–Trinajstić information content (AvgIpc) is 3.24. The summed E-state index contributed by atoms with van der Waals surface area (Å²) in [7, 11) is 1.70. The highest BCUT2D eigenvalue weighted by Gasteiger charge is 2.33. The lowest BCUT2D eigenvalue weighted by atomic mass is 9.89. The van der Waals surface area contributed by atoms with Crippen LogP contribution in [0.15, 0.2) is 24.3 Å². The number of aliphatic hydroxyl groups excluding tert-OH is 1. The number of nitrogens with one attached hydrogen (secondary N) is 1. The SMILES string of the molecule is COc1ccc(C(NCC(C)(C)CCO)C2CC2)cc1. The normalized spacial score (nSPS) is 17.0. The molecule has 0 spiro atoms. The Hall–Kier alpha value is -1.06. The van der Waals surface area contributed by atoms with E-state index in [9.17, 15) is 0 Å². The Balaban J connectivity index is 2.00. The Morgan fingerprint density at radius 2 is 1.95 bits per heavy atom. The van der Waals surface area contributed by atoms with Crippen LogP contribution in [-0.4, -0.2) is 25.4 Å². The highest BCUT2D eigenvalue weighted by atomic mass is 16.5. The standard InChI is InChI=1S/C17H27NO2/c1-17(2,10-11-19)12-18-16(13-4-5-13)14-6-8-15(20-3)9-7-14/h6-9,13,16,18-19H,4-5,10-12H2,1-3H3. The predicted molar refractivity (Wildman–Crippen MR) is 81.9 cm³/mol. The molecule has 0 aromatic heterocycles. The first-order valence-electron chi connectivity index (χ1n) is 7.54. The number of hydrogen-bond donors (Lipinski definition) is 2. The zero-order valence-corrected chi connectivity index (χ0v) is 12.9. The van der Waals surface area contributed by atoms with Crippen molar-refractivity contribution in [2.24, 2.45) is 11.3 Å². The molecule has 0 amide bonds. The molecule has 1 fully saturated rings. The van der Waals surface area contributed by atoms with E-state index in [1.54, 1.807) is 7.11 Å². The highest BCUT2D eigenvalue weighted by molar-refractivity contribution is 5.30. The van der Waals surface area contributed by atoms with Crippen molar-refractivity contribution in [1.82, 2.24) is 5.32 Å². The molecule has 2 N–H and O–H groups in total. The van der Waals surface area contributed by atoms with E-state index < -0.39 is 0 Å². The van der Waals surface area contributed by atoms with Gasteiger partial charge in [0.2, 0.25) is 0 Å². The van der Waals surface area contributed by atoms with Crippen LogP contribution in [0.1, 0.15) is 44.7 Å². The summed E-state index contributed by atoms with van der Waals surface area (Å²) < 4.78 is 5.22. The maximum atomic E-state index is 9.12. The summed E-state index contributed by atoms with van der Waals surface area (Å²) in [5.41, 5.74) is 1.47. The van der Waals surface area contributed by atoms with E-state index in [1.807, 2.05) is 12.1 Å². The molecule has 2 rings (SSSR count). The minimum absolute atomic E-state index is 0.133. The Morgan fingerprint density at radius 1 is 1.30 bits per heavy atom. The zero-order chi connectivity index (χ0) is 14.6. The quantitative estimate of drug-likeness (QED) is 0.767. The number of benzene rings is 1. The minimum atomic E-state index is 0.133. The second kappa shape index (κ2) is 6.59. The second-order valence-corrected chi connectivity index (χ2v) is 6.61. The fourth-order valence-corrected chi connectivity index (χ4v) is 2.57. The van der Waals surface area contributed by atoms with Crippen molar-refractivity contribution < 1.29 is 9.84 Å². The Labute approximate surface area is 122 Å².